The van der Waals surface area contributed by atoms with Gasteiger partial charge in [-0.1, -0.05) is 0 Å². The van der Waals surface area contributed by atoms with E-state index in [1.807, 2.05) is 20.8 Å². The number of hydrogen-bond acceptors (Lipinski definition) is 5. The Hall–Kier alpha value is -1.02. The minimum atomic E-state index is -3.53. The summed E-state index contributed by atoms with van der Waals surface area (Å²) in [6.45, 7) is 7.67. The molecule has 0 aliphatic carbocycles. The van der Waals surface area contributed by atoms with E-state index in [2.05, 4.69) is 0 Å². The fourth-order valence-corrected chi connectivity index (χ4v) is 4.47. The molecule has 1 aliphatic heterocycles. The minimum absolute atomic E-state index is 0. The highest BCUT2D eigenvalue weighted by molar-refractivity contribution is 7.89. The number of hydrogen-bond donors (Lipinski definition) is 1. The number of nitrogens with zero attached hydrogens (tertiary/aromatic N) is 1. The van der Waals surface area contributed by atoms with E-state index < -0.39 is 10.0 Å². The Morgan fingerprint density at radius 2 is 1.72 bits per heavy atom. The number of ether oxygens (including phenoxy) is 2. The van der Waals surface area contributed by atoms with Crippen molar-refractivity contribution in [3.8, 4) is 11.5 Å². The Morgan fingerprint density at radius 3 is 2.24 bits per heavy atom. The molecule has 1 heterocycles. The van der Waals surface area contributed by atoms with E-state index in [-0.39, 0.29) is 23.3 Å². The van der Waals surface area contributed by atoms with Crippen LogP contribution in [0.1, 0.15) is 33.6 Å². The summed E-state index contributed by atoms with van der Waals surface area (Å²) in [5.74, 6) is 1.41. The van der Waals surface area contributed by atoms with Crippen LogP contribution in [-0.4, -0.2) is 45.1 Å². The van der Waals surface area contributed by atoms with Crippen molar-refractivity contribution in [2.24, 2.45) is 11.7 Å². The van der Waals surface area contributed by atoms with Gasteiger partial charge in [0.15, 0.2) is 11.5 Å². The highest BCUT2D eigenvalue weighted by atomic mass is 35.5. The molecule has 0 bridgehead atoms. The highest BCUT2D eigenvalue weighted by Crippen LogP contribution is 2.32. The first-order valence-corrected chi connectivity index (χ1v) is 9.99. The van der Waals surface area contributed by atoms with E-state index in [1.54, 1.807) is 18.2 Å². The van der Waals surface area contributed by atoms with Crippen LogP contribution < -0.4 is 15.2 Å². The average molecular weight is 393 g/mol. The summed E-state index contributed by atoms with van der Waals surface area (Å²) in [7, 11) is -3.53. The number of rotatable bonds is 7. The van der Waals surface area contributed by atoms with Gasteiger partial charge in [0.2, 0.25) is 10.0 Å². The van der Waals surface area contributed by atoms with Crippen LogP contribution in [0.2, 0.25) is 0 Å². The lowest BCUT2D eigenvalue weighted by Crippen LogP contribution is -2.42. The smallest absolute Gasteiger partial charge is 0.243 e. The zero-order valence-electron chi connectivity index (χ0n) is 15.1. The maximum absolute atomic E-state index is 12.9. The molecule has 1 aliphatic rings. The van der Waals surface area contributed by atoms with Gasteiger partial charge in [-0.3, -0.25) is 0 Å². The van der Waals surface area contributed by atoms with Crippen LogP contribution in [-0.2, 0) is 10.0 Å². The number of sulfonamides is 1. The van der Waals surface area contributed by atoms with E-state index in [4.69, 9.17) is 15.2 Å². The van der Waals surface area contributed by atoms with Gasteiger partial charge in [-0.2, -0.15) is 4.31 Å². The molecule has 0 saturated carbocycles. The van der Waals surface area contributed by atoms with E-state index in [0.29, 0.717) is 43.7 Å². The predicted octanol–water partition coefficient (Wildman–Crippen LogP) is 2.65. The Bertz CT molecular complexity index is 644. The van der Waals surface area contributed by atoms with Crippen molar-refractivity contribution in [2.75, 3.05) is 26.3 Å². The third-order valence-electron chi connectivity index (χ3n) is 4.39. The van der Waals surface area contributed by atoms with E-state index in [1.165, 1.54) is 4.31 Å². The van der Waals surface area contributed by atoms with E-state index in [0.717, 1.165) is 12.8 Å². The highest BCUT2D eigenvalue weighted by Gasteiger charge is 2.31. The number of piperidine rings is 1. The van der Waals surface area contributed by atoms with Crippen molar-refractivity contribution < 1.29 is 17.9 Å². The fourth-order valence-electron chi connectivity index (χ4n) is 2.98. The molecule has 0 spiro atoms. The summed E-state index contributed by atoms with van der Waals surface area (Å²) in [6.07, 6.45) is 1.60. The van der Waals surface area contributed by atoms with Gasteiger partial charge >= 0.3 is 0 Å². The van der Waals surface area contributed by atoms with Crippen LogP contribution >= 0.6 is 12.4 Å². The van der Waals surface area contributed by atoms with Gasteiger partial charge in [-0.15, -0.1) is 12.4 Å². The molecule has 2 rings (SSSR count). The molecule has 0 radical (unpaired) electrons. The van der Waals surface area contributed by atoms with Crippen molar-refractivity contribution in [2.45, 2.75) is 44.6 Å². The van der Waals surface area contributed by atoms with Crippen LogP contribution in [0.25, 0.3) is 0 Å². The molecule has 6 nitrogen and oxygen atoms in total. The summed E-state index contributed by atoms with van der Waals surface area (Å²) in [5, 5.41) is 0. The van der Waals surface area contributed by atoms with Gasteiger partial charge < -0.3 is 15.2 Å². The molecule has 1 aromatic carbocycles. The second-order valence-electron chi connectivity index (χ2n) is 6.08. The SMILES string of the molecule is CCOc1ccc(S(=O)(=O)N2CCC(C(C)N)CC2)cc1OCC.Cl. The number of halogens is 1. The largest absolute Gasteiger partial charge is 0.490 e. The van der Waals surface area contributed by atoms with Gasteiger partial charge in [0.25, 0.3) is 0 Å². The lowest BCUT2D eigenvalue weighted by atomic mass is 9.92. The molecule has 8 heteroatoms. The molecular formula is C17H29ClN2O4S. The first kappa shape index (κ1) is 22.0. The maximum Gasteiger partial charge on any atom is 0.243 e. The summed E-state index contributed by atoms with van der Waals surface area (Å²) < 4.78 is 38.3. The molecule has 1 unspecified atom stereocenters. The molecule has 1 atom stereocenters. The fraction of sp³-hybridized carbons (Fsp3) is 0.647. The molecule has 1 fully saturated rings. The summed E-state index contributed by atoms with van der Waals surface area (Å²) in [5.41, 5.74) is 5.93. The molecule has 0 aromatic heterocycles. The molecular weight excluding hydrogens is 364 g/mol. The van der Waals surface area contributed by atoms with Crippen molar-refractivity contribution in [3.63, 3.8) is 0 Å². The quantitative estimate of drug-likeness (QED) is 0.771. The second kappa shape index (κ2) is 9.62. The normalized spacial score (nSPS) is 17.6. The minimum Gasteiger partial charge on any atom is -0.490 e. The van der Waals surface area contributed by atoms with Gasteiger partial charge in [-0.05, 0) is 51.7 Å². The van der Waals surface area contributed by atoms with Crippen molar-refractivity contribution in [1.29, 1.82) is 0 Å². The van der Waals surface area contributed by atoms with E-state index >= 15 is 0 Å². The first-order chi connectivity index (χ1) is 11.4. The Labute approximate surface area is 157 Å². The zero-order valence-corrected chi connectivity index (χ0v) is 16.7. The third-order valence-corrected chi connectivity index (χ3v) is 6.29. The molecule has 2 N–H and O–H groups in total. The van der Waals surface area contributed by atoms with Gasteiger partial charge in [0.05, 0.1) is 18.1 Å². The first-order valence-electron chi connectivity index (χ1n) is 8.55. The summed E-state index contributed by atoms with van der Waals surface area (Å²) >= 11 is 0. The van der Waals surface area contributed by atoms with Gasteiger partial charge in [0, 0.05) is 25.2 Å². The van der Waals surface area contributed by atoms with Gasteiger partial charge in [-0.25, -0.2) is 8.42 Å². The maximum atomic E-state index is 12.9. The third kappa shape index (κ3) is 5.23. The number of nitrogens with two attached hydrogens (primary N) is 1. The Balaban J connectivity index is 0.00000312. The topological polar surface area (TPSA) is 81.9 Å². The second-order valence-corrected chi connectivity index (χ2v) is 8.01. The van der Waals surface area contributed by atoms with Crippen LogP contribution in [0.15, 0.2) is 23.1 Å². The molecule has 144 valence electrons. The van der Waals surface area contributed by atoms with Crippen molar-refractivity contribution in [1.82, 2.24) is 4.31 Å². The summed E-state index contributed by atoms with van der Waals surface area (Å²) in [4.78, 5) is 0.244. The average Bonchev–Trinajstić information content (AvgIpc) is 2.57. The monoisotopic (exact) mass is 392 g/mol. The van der Waals surface area contributed by atoms with Crippen molar-refractivity contribution >= 4 is 22.4 Å². The lowest BCUT2D eigenvalue weighted by Gasteiger charge is -2.33. The van der Waals surface area contributed by atoms with Crippen LogP contribution in [0.4, 0.5) is 0 Å². The molecule has 1 aromatic rings. The predicted molar refractivity (Wildman–Crippen MR) is 101 cm³/mol. The van der Waals surface area contributed by atoms with Gasteiger partial charge in [0.1, 0.15) is 0 Å². The van der Waals surface area contributed by atoms with Crippen molar-refractivity contribution in [3.05, 3.63) is 18.2 Å². The Kier molecular flexibility index (Phi) is 8.47. The van der Waals surface area contributed by atoms with Crippen LogP contribution in [0.3, 0.4) is 0 Å². The van der Waals surface area contributed by atoms with E-state index in [9.17, 15) is 8.42 Å². The molecule has 25 heavy (non-hydrogen) atoms. The Morgan fingerprint density at radius 1 is 1.16 bits per heavy atom. The lowest BCUT2D eigenvalue weighted by molar-refractivity contribution is 0.250. The molecule has 0 amide bonds. The summed E-state index contributed by atoms with van der Waals surface area (Å²) in [6, 6.07) is 4.91. The van der Waals surface area contributed by atoms with Crippen LogP contribution in [0, 0.1) is 5.92 Å². The standard InChI is InChI=1S/C17H28N2O4S.ClH/c1-4-22-16-7-6-15(12-17(16)23-5-2)24(20,21)19-10-8-14(9-11-19)13(3)18;/h6-7,12-14H,4-5,8-11,18H2,1-3H3;1H. The van der Waals surface area contributed by atoms with Crippen LogP contribution in [0.5, 0.6) is 11.5 Å². The zero-order chi connectivity index (χ0) is 17.7. The number of benzene rings is 1. The molecule has 1 saturated heterocycles.